The van der Waals surface area contributed by atoms with Crippen LogP contribution < -0.4 is 15.6 Å². The van der Waals surface area contributed by atoms with Crippen molar-refractivity contribution in [1.29, 1.82) is 0 Å². The topological polar surface area (TPSA) is 70.8 Å². The van der Waals surface area contributed by atoms with E-state index in [2.05, 4.69) is 52.9 Å². The van der Waals surface area contributed by atoms with E-state index in [4.69, 9.17) is 10.7 Å². The van der Waals surface area contributed by atoms with Gasteiger partial charge in [0.05, 0.1) is 11.8 Å². The number of hydrogen-bond acceptors (Lipinski definition) is 3. The van der Waals surface area contributed by atoms with E-state index >= 15 is 0 Å². The average molecular weight is 358 g/mol. The monoisotopic (exact) mass is 358 g/mol. The molecule has 1 fully saturated rings. The summed E-state index contributed by atoms with van der Waals surface area (Å²) in [5.74, 6) is 0.888. The Hall–Kier alpha value is -2.92. The number of nitrogens with one attached hydrogen (secondary N) is 2. The van der Waals surface area contributed by atoms with Gasteiger partial charge in [-0.2, -0.15) is 0 Å². The second-order valence-electron chi connectivity index (χ2n) is 7.45. The summed E-state index contributed by atoms with van der Waals surface area (Å²) in [6.07, 6.45) is 8.69. The first-order valence-corrected chi connectivity index (χ1v) is 9.69. The molecule has 0 bridgehead atoms. The summed E-state index contributed by atoms with van der Waals surface area (Å²) in [5.41, 5.74) is 9.46. The van der Waals surface area contributed by atoms with E-state index in [1.807, 2.05) is 23.0 Å². The lowest BCUT2D eigenvalue weighted by Crippen LogP contribution is -2.42. The van der Waals surface area contributed by atoms with E-state index in [1.54, 1.807) is 0 Å². The summed E-state index contributed by atoms with van der Waals surface area (Å²) in [7, 11) is 0. The number of hydrogen-bond donors (Lipinski definition) is 3. The number of nitrogens with two attached hydrogens (primary N) is 1. The second-order valence-corrected chi connectivity index (χ2v) is 7.45. The lowest BCUT2D eigenvalue weighted by Gasteiger charge is -2.28. The van der Waals surface area contributed by atoms with Crippen molar-refractivity contribution in [3.63, 3.8) is 0 Å². The molecule has 0 saturated heterocycles. The third-order valence-corrected chi connectivity index (χ3v) is 5.64. The predicted octanol–water partition coefficient (Wildman–Crippen LogP) is 3.65. The van der Waals surface area contributed by atoms with Crippen LogP contribution in [0.4, 0.5) is 5.82 Å². The van der Waals surface area contributed by atoms with Crippen LogP contribution in [0.25, 0.3) is 27.5 Å². The van der Waals surface area contributed by atoms with Crippen molar-refractivity contribution in [1.82, 2.24) is 10.1 Å². The highest BCUT2D eigenvalue weighted by Crippen LogP contribution is 2.26. The average Bonchev–Trinajstić information content (AvgIpc) is 3.13. The molecule has 0 amide bonds. The highest BCUT2D eigenvalue weighted by atomic mass is 15.3. The Morgan fingerprint density at radius 3 is 2.78 bits per heavy atom. The molecule has 0 radical (unpaired) electrons. The van der Waals surface area contributed by atoms with Crippen LogP contribution in [0, 0.1) is 0 Å². The molecular weight excluding hydrogens is 334 g/mol. The highest BCUT2D eigenvalue weighted by Gasteiger charge is 2.24. The maximum Gasteiger partial charge on any atom is 0.358 e. The lowest BCUT2D eigenvalue weighted by atomic mass is 9.91. The van der Waals surface area contributed by atoms with Crippen molar-refractivity contribution >= 4 is 22.2 Å². The zero-order valence-electron chi connectivity index (χ0n) is 15.2. The van der Waals surface area contributed by atoms with Gasteiger partial charge in [0.2, 0.25) is 5.82 Å². The fraction of sp³-hybridized carbons (Fsp3) is 0.273. The van der Waals surface area contributed by atoms with Crippen LogP contribution >= 0.6 is 0 Å². The van der Waals surface area contributed by atoms with Crippen LogP contribution in [0.1, 0.15) is 25.7 Å². The number of nitrogens with zero attached hydrogens (tertiary/aromatic N) is 2. The van der Waals surface area contributed by atoms with Gasteiger partial charge in [-0.1, -0.05) is 49.2 Å². The third kappa shape index (κ3) is 3.04. The Balaban J connectivity index is 1.52. The molecule has 2 atom stereocenters. The number of anilines is 1. The summed E-state index contributed by atoms with van der Waals surface area (Å²) in [6, 6.07) is 17.5. The third-order valence-electron chi connectivity index (χ3n) is 5.64. The molecular formula is C22H24N5+. The molecule has 2 heterocycles. The van der Waals surface area contributed by atoms with Gasteiger partial charge in [-0.3, -0.25) is 0 Å². The van der Waals surface area contributed by atoms with Crippen LogP contribution in [0.3, 0.4) is 0 Å². The Morgan fingerprint density at radius 2 is 1.89 bits per heavy atom. The van der Waals surface area contributed by atoms with E-state index in [-0.39, 0.29) is 6.04 Å². The van der Waals surface area contributed by atoms with Crippen molar-refractivity contribution < 1.29 is 4.52 Å². The van der Waals surface area contributed by atoms with Crippen molar-refractivity contribution in [2.24, 2.45) is 5.73 Å². The van der Waals surface area contributed by atoms with Crippen LogP contribution in [0.2, 0.25) is 0 Å². The minimum Gasteiger partial charge on any atom is -0.345 e. The maximum atomic E-state index is 6.29. The summed E-state index contributed by atoms with van der Waals surface area (Å²) in [5, 5.41) is 9.31. The first-order chi connectivity index (χ1) is 13.3. The molecule has 0 aliphatic heterocycles. The molecule has 5 heteroatoms. The number of aromatic amines is 1. The molecule has 1 aliphatic carbocycles. The number of rotatable bonds is 3. The summed E-state index contributed by atoms with van der Waals surface area (Å²) < 4.78 is 1.95. The predicted molar refractivity (Wildman–Crippen MR) is 109 cm³/mol. The van der Waals surface area contributed by atoms with Gasteiger partial charge in [-0.25, -0.2) is 5.10 Å². The van der Waals surface area contributed by atoms with Gasteiger partial charge < -0.3 is 11.1 Å². The standard InChI is InChI=1S/C22H23N5/c23-19-7-3-4-8-20(19)25-21-11-12-27-22(26-21)18(14-24-27)17-10-9-15-5-1-2-6-16(15)13-17/h1-2,5-6,9-14,19-20H,3-4,7-8,23H2,(H,24,25,26)/p+1/t19-,20-/m1/s1. The highest BCUT2D eigenvalue weighted by molar-refractivity contribution is 5.89. The van der Waals surface area contributed by atoms with Gasteiger partial charge in [0.1, 0.15) is 6.20 Å². The normalized spacial score (nSPS) is 20.2. The van der Waals surface area contributed by atoms with Gasteiger partial charge in [0, 0.05) is 18.2 Å². The molecule has 2 aromatic heterocycles. The molecule has 5 rings (SSSR count). The van der Waals surface area contributed by atoms with Crippen LogP contribution in [-0.2, 0) is 0 Å². The number of H-pyrrole nitrogens is 1. The molecule has 4 N–H and O–H groups in total. The van der Waals surface area contributed by atoms with Gasteiger partial charge in [0.25, 0.3) is 0 Å². The minimum absolute atomic E-state index is 0.204. The molecule has 2 aromatic carbocycles. The van der Waals surface area contributed by atoms with Crippen molar-refractivity contribution in [3.8, 4) is 11.1 Å². The summed E-state index contributed by atoms with van der Waals surface area (Å²) in [6.45, 7) is 0. The van der Waals surface area contributed by atoms with Gasteiger partial charge in [0.15, 0.2) is 0 Å². The molecule has 4 aromatic rings. The molecule has 1 saturated carbocycles. The quantitative estimate of drug-likeness (QED) is 0.490. The second kappa shape index (κ2) is 6.67. The Morgan fingerprint density at radius 1 is 1.04 bits per heavy atom. The van der Waals surface area contributed by atoms with E-state index in [9.17, 15) is 0 Å². The fourth-order valence-corrected chi connectivity index (χ4v) is 4.09. The van der Waals surface area contributed by atoms with Crippen molar-refractivity contribution in [2.45, 2.75) is 37.8 Å². The van der Waals surface area contributed by atoms with Gasteiger partial charge in [-0.15, -0.1) is 4.52 Å². The largest absolute Gasteiger partial charge is 0.358 e. The minimum atomic E-state index is 0.204. The Bertz CT molecular complexity index is 1100. The van der Waals surface area contributed by atoms with Crippen molar-refractivity contribution in [2.75, 3.05) is 5.32 Å². The first kappa shape index (κ1) is 16.3. The van der Waals surface area contributed by atoms with E-state index < -0.39 is 0 Å². The Labute approximate surface area is 158 Å². The van der Waals surface area contributed by atoms with E-state index in [1.165, 1.54) is 23.6 Å². The molecule has 0 unspecified atom stereocenters. The number of aromatic nitrogens is 3. The van der Waals surface area contributed by atoms with Gasteiger partial charge >= 0.3 is 5.65 Å². The summed E-state index contributed by atoms with van der Waals surface area (Å²) >= 11 is 0. The smallest absolute Gasteiger partial charge is 0.345 e. The molecule has 0 spiro atoms. The van der Waals surface area contributed by atoms with E-state index in [0.717, 1.165) is 35.4 Å². The molecule has 1 aliphatic rings. The van der Waals surface area contributed by atoms with Crippen molar-refractivity contribution in [3.05, 3.63) is 60.9 Å². The maximum absolute atomic E-state index is 6.29. The zero-order valence-corrected chi connectivity index (χ0v) is 15.2. The van der Waals surface area contributed by atoms with E-state index in [0.29, 0.717) is 6.04 Å². The molecule has 27 heavy (non-hydrogen) atoms. The van der Waals surface area contributed by atoms with Crippen LogP contribution in [0.5, 0.6) is 0 Å². The first-order valence-electron chi connectivity index (χ1n) is 9.69. The molecule has 5 nitrogen and oxygen atoms in total. The zero-order chi connectivity index (χ0) is 18.2. The Kier molecular flexibility index (Phi) is 4.02. The van der Waals surface area contributed by atoms with Crippen LogP contribution in [-0.4, -0.2) is 22.2 Å². The molecule has 136 valence electrons. The summed E-state index contributed by atoms with van der Waals surface area (Å²) in [4.78, 5) is 4.89. The fourth-order valence-electron chi connectivity index (χ4n) is 4.09. The number of benzene rings is 2. The van der Waals surface area contributed by atoms with Gasteiger partial charge in [-0.05, 0) is 40.2 Å². The lowest BCUT2D eigenvalue weighted by molar-refractivity contribution is -0.578. The van der Waals surface area contributed by atoms with Crippen LogP contribution in [0.15, 0.2) is 60.9 Å². The SMILES string of the molecule is N[C@@H]1CCCC[C@H]1Nc1cc[n+]2[nH]cc(-c3ccc4ccccc4c3)c2n1. The number of fused-ring (bicyclic) bond motifs is 2.